The van der Waals surface area contributed by atoms with E-state index < -0.39 is 0 Å². The van der Waals surface area contributed by atoms with Crippen LogP contribution in [0.15, 0.2) is 23.6 Å². The Morgan fingerprint density at radius 3 is 3.00 bits per heavy atom. The Hall–Kier alpha value is -1.88. The predicted molar refractivity (Wildman–Crippen MR) is 77.3 cm³/mol. The van der Waals surface area contributed by atoms with Crippen LogP contribution in [0.3, 0.4) is 0 Å². The van der Waals surface area contributed by atoms with Crippen LogP contribution in [0.4, 0.5) is 0 Å². The van der Waals surface area contributed by atoms with Crippen molar-refractivity contribution in [2.24, 2.45) is 5.16 Å². The van der Waals surface area contributed by atoms with Gasteiger partial charge in [0.2, 0.25) is 0 Å². The molecule has 1 atom stereocenters. The molecule has 0 amide bonds. The lowest BCUT2D eigenvalue weighted by molar-refractivity contribution is -0.0295. The van der Waals surface area contributed by atoms with Gasteiger partial charge in [-0.05, 0) is 50.8 Å². The van der Waals surface area contributed by atoms with Crippen molar-refractivity contribution < 1.29 is 9.94 Å². The van der Waals surface area contributed by atoms with Crippen molar-refractivity contribution in [3.05, 3.63) is 29.6 Å². The molecule has 1 unspecified atom stereocenters. The van der Waals surface area contributed by atoms with E-state index >= 15 is 0 Å². The summed E-state index contributed by atoms with van der Waals surface area (Å²) in [6.07, 6.45) is 5.29. The third-order valence-corrected chi connectivity index (χ3v) is 3.93. The molecule has 1 aromatic heterocycles. The Labute approximate surface area is 117 Å². The first-order chi connectivity index (χ1) is 9.70. The van der Waals surface area contributed by atoms with Crippen molar-refractivity contribution in [1.82, 2.24) is 9.55 Å². The number of rotatable bonds is 2. The van der Waals surface area contributed by atoms with Crippen LogP contribution in [0.1, 0.15) is 43.5 Å². The lowest BCUT2D eigenvalue weighted by Gasteiger charge is -2.24. The van der Waals surface area contributed by atoms with Gasteiger partial charge in [0.1, 0.15) is 6.23 Å². The normalized spacial score (nSPS) is 20.5. The maximum Gasteiger partial charge on any atom is 0.135 e. The molecule has 20 heavy (non-hydrogen) atoms. The number of aromatic nitrogens is 2. The van der Waals surface area contributed by atoms with E-state index in [-0.39, 0.29) is 6.23 Å². The second kappa shape index (κ2) is 5.25. The van der Waals surface area contributed by atoms with E-state index in [1.807, 2.05) is 19.3 Å². The van der Waals surface area contributed by atoms with Crippen LogP contribution in [0.25, 0.3) is 11.0 Å². The van der Waals surface area contributed by atoms with Crippen molar-refractivity contribution in [3.63, 3.8) is 0 Å². The van der Waals surface area contributed by atoms with Crippen LogP contribution >= 0.6 is 0 Å². The molecule has 0 radical (unpaired) electrons. The minimum Gasteiger partial charge on any atom is -0.411 e. The molecule has 3 rings (SSSR count). The van der Waals surface area contributed by atoms with Crippen LogP contribution in [0.5, 0.6) is 0 Å². The number of ether oxygens (including phenoxy) is 1. The third kappa shape index (κ3) is 2.18. The molecule has 0 spiro atoms. The van der Waals surface area contributed by atoms with Crippen LogP contribution in [-0.4, -0.2) is 27.1 Å². The lowest BCUT2D eigenvalue weighted by atomic mass is 10.0. The van der Waals surface area contributed by atoms with Crippen LogP contribution in [0, 0.1) is 6.92 Å². The zero-order chi connectivity index (χ0) is 14.1. The van der Waals surface area contributed by atoms with Crippen molar-refractivity contribution in [3.8, 4) is 0 Å². The summed E-state index contributed by atoms with van der Waals surface area (Å²) in [6.45, 7) is 4.62. The number of hydrogen-bond acceptors (Lipinski definition) is 4. The molecule has 1 saturated heterocycles. The predicted octanol–water partition coefficient (Wildman–Crippen LogP) is 3.24. The zero-order valence-electron chi connectivity index (χ0n) is 11.8. The van der Waals surface area contributed by atoms with E-state index in [1.54, 1.807) is 6.92 Å². The summed E-state index contributed by atoms with van der Waals surface area (Å²) in [5.41, 5.74) is 4.58. The van der Waals surface area contributed by atoms with E-state index in [0.29, 0.717) is 5.71 Å². The Morgan fingerprint density at radius 1 is 1.45 bits per heavy atom. The average Bonchev–Trinajstić information content (AvgIpc) is 2.89. The molecule has 1 N–H and O–H groups in total. The van der Waals surface area contributed by atoms with Gasteiger partial charge in [-0.3, -0.25) is 0 Å². The van der Waals surface area contributed by atoms with Gasteiger partial charge >= 0.3 is 0 Å². The molecule has 0 aliphatic carbocycles. The highest BCUT2D eigenvalue weighted by atomic mass is 16.5. The molecular weight excluding hydrogens is 254 g/mol. The number of benzene rings is 1. The minimum absolute atomic E-state index is 0.0894. The Morgan fingerprint density at radius 2 is 2.30 bits per heavy atom. The molecule has 106 valence electrons. The first kappa shape index (κ1) is 13.1. The highest BCUT2D eigenvalue weighted by molar-refractivity contribution is 6.02. The van der Waals surface area contributed by atoms with E-state index in [9.17, 15) is 0 Å². The summed E-state index contributed by atoms with van der Waals surface area (Å²) in [4.78, 5) is 4.46. The van der Waals surface area contributed by atoms with E-state index in [4.69, 9.17) is 9.94 Å². The Kier molecular flexibility index (Phi) is 3.44. The first-order valence-corrected chi connectivity index (χ1v) is 6.98. The number of hydrogen-bond donors (Lipinski definition) is 1. The molecule has 5 nitrogen and oxygen atoms in total. The van der Waals surface area contributed by atoms with E-state index in [2.05, 4.69) is 20.8 Å². The van der Waals surface area contributed by atoms with Gasteiger partial charge in [0.15, 0.2) is 0 Å². The Balaban J connectivity index is 2.07. The number of aryl methyl sites for hydroxylation is 1. The van der Waals surface area contributed by atoms with E-state index in [1.165, 1.54) is 6.42 Å². The Bertz CT molecular complexity index is 654. The molecule has 1 aromatic carbocycles. The summed E-state index contributed by atoms with van der Waals surface area (Å²) in [6, 6.07) is 4.06. The summed E-state index contributed by atoms with van der Waals surface area (Å²) >= 11 is 0. The van der Waals surface area contributed by atoms with Gasteiger partial charge < -0.3 is 14.5 Å². The highest BCUT2D eigenvalue weighted by Gasteiger charge is 2.18. The van der Waals surface area contributed by atoms with Gasteiger partial charge in [-0.25, -0.2) is 4.98 Å². The van der Waals surface area contributed by atoms with Crippen molar-refractivity contribution in [2.75, 3.05) is 6.61 Å². The molecule has 0 bridgehead atoms. The lowest BCUT2D eigenvalue weighted by Crippen LogP contribution is -2.17. The maximum atomic E-state index is 8.94. The molecule has 1 aliphatic heterocycles. The van der Waals surface area contributed by atoms with Gasteiger partial charge in [0.25, 0.3) is 0 Å². The highest BCUT2D eigenvalue weighted by Crippen LogP contribution is 2.28. The molecule has 2 aromatic rings. The number of fused-ring (bicyclic) bond motifs is 1. The first-order valence-electron chi connectivity index (χ1n) is 6.98. The molecule has 1 fully saturated rings. The molecular formula is C15H19N3O2. The second-order valence-electron chi connectivity index (χ2n) is 5.31. The van der Waals surface area contributed by atoms with Gasteiger partial charge in [-0.2, -0.15) is 0 Å². The number of oxime groups is 1. The van der Waals surface area contributed by atoms with Crippen LogP contribution in [-0.2, 0) is 4.74 Å². The number of nitrogens with zero attached hydrogens (tertiary/aromatic N) is 3. The monoisotopic (exact) mass is 273 g/mol. The average molecular weight is 273 g/mol. The van der Waals surface area contributed by atoms with Crippen LogP contribution in [0.2, 0.25) is 0 Å². The van der Waals surface area contributed by atoms with Crippen molar-refractivity contribution in [2.45, 2.75) is 39.3 Å². The fourth-order valence-electron chi connectivity index (χ4n) is 2.79. The molecule has 2 heterocycles. The smallest absolute Gasteiger partial charge is 0.135 e. The summed E-state index contributed by atoms with van der Waals surface area (Å²) < 4.78 is 7.94. The van der Waals surface area contributed by atoms with Crippen molar-refractivity contribution >= 4 is 16.7 Å². The summed E-state index contributed by atoms with van der Waals surface area (Å²) in [7, 11) is 0. The zero-order valence-corrected chi connectivity index (χ0v) is 11.8. The summed E-state index contributed by atoms with van der Waals surface area (Å²) in [5.74, 6) is 0. The standard InChI is InChI=1S/C15H19N3O2/c1-10-7-14-13(8-12(10)11(2)17-19)16-9-18(14)15-5-3-4-6-20-15/h7-9,15,19H,3-6H2,1-2H3/b17-11+. The molecule has 0 saturated carbocycles. The van der Waals surface area contributed by atoms with E-state index in [0.717, 1.165) is 41.6 Å². The second-order valence-corrected chi connectivity index (χ2v) is 5.31. The summed E-state index contributed by atoms with van der Waals surface area (Å²) in [5, 5.41) is 12.2. The minimum atomic E-state index is 0.0894. The fourth-order valence-corrected chi connectivity index (χ4v) is 2.79. The van der Waals surface area contributed by atoms with Crippen LogP contribution < -0.4 is 0 Å². The number of imidazole rings is 1. The van der Waals surface area contributed by atoms with Gasteiger partial charge in [0, 0.05) is 12.2 Å². The maximum absolute atomic E-state index is 8.94. The molecule has 1 aliphatic rings. The molecule has 5 heteroatoms. The SMILES string of the molecule is C/C(=N\O)c1cc2ncn(C3CCCCO3)c2cc1C. The van der Waals surface area contributed by atoms with Gasteiger partial charge in [0.05, 0.1) is 23.1 Å². The fraction of sp³-hybridized carbons (Fsp3) is 0.467. The van der Waals surface area contributed by atoms with Crippen molar-refractivity contribution in [1.29, 1.82) is 0 Å². The topological polar surface area (TPSA) is 59.6 Å². The quantitative estimate of drug-likeness (QED) is 0.519. The largest absolute Gasteiger partial charge is 0.411 e. The van der Waals surface area contributed by atoms with Gasteiger partial charge in [-0.15, -0.1) is 0 Å². The van der Waals surface area contributed by atoms with Gasteiger partial charge in [-0.1, -0.05) is 5.16 Å². The third-order valence-electron chi connectivity index (χ3n) is 3.93.